The van der Waals surface area contributed by atoms with Crippen molar-refractivity contribution < 1.29 is 17.9 Å². The second-order valence-electron chi connectivity index (χ2n) is 6.97. The Balaban J connectivity index is 2.14. The van der Waals surface area contributed by atoms with Gasteiger partial charge in [0.05, 0.1) is 10.6 Å². The van der Waals surface area contributed by atoms with Gasteiger partial charge in [-0.15, -0.1) is 0 Å². The van der Waals surface area contributed by atoms with Crippen molar-refractivity contribution in [3.05, 3.63) is 51.9 Å². The lowest BCUT2D eigenvalue weighted by atomic mass is 10.1. The van der Waals surface area contributed by atoms with E-state index >= 15 is 0 Å². The van der Waals surface area contributed by atoms with E-state index < -0.39 is 22.0 Å². The fourth-order valence-corrected chi connectivity index (χ4v) is 4.15. The summed E-state index contributed by atoms with van der Waals surface area (Å²) in [5.41, 5.74) is 0.863. The number of aromatic nitrogens is 2. The minimum atomic E-state index is -3.89. The van der Waals surface area contributed by atoms with Crippen LogP contribution in [0.2, 0.25) is 0 Å². The molecule has 2 aromatic rings. The zero-order valence-electron chi connectivity index (χ0n) is 16.8. The van der Waals surface area contributed by atoms with Gasteiger partial charge >= 0.3 is 5.97 Å². The van der Waals surface area contributed by atoms with Gasteiger partial charge in [0.1, 0.15) is 12.6 Å². The zero-order chi connectivity index (χ0) is 21.6. The maximum absolute atomic E-state index is 12.7. The second kappa shape index (κ2) is 10.0. The number of benzene rings is 1. The number of ether oxygens (including phenoxy) is 1. The van der Waals surface area contributed by atoms with Gasteiger partial charge in [0.2, 0.25) is 10.0 Å². The quantitative estimate of drug-likeness (QED) is 0.349. The molecule has 29 heavy (non-hydrogen) atoms. The monoisotopic (exact) mass is 439 g/mol. The van der Waals surface area contributed by atoms with Crippen LogP contribution in [0.3, 0.4) is 0 Å². The highest BCUT2D eigenvalue weighted by Crippen LogP contribution is 2.15. The third-order valence-corrected chi connectivity index (χ3v) is 6.02. The minimum Gasteiger partial charge on any atom is -0.458 e. The predicted octanol–water partition coefficient (Wildman–Crippen LogP) is 2.24. The van der Waals surface area contributed by atoms with Crippen molar-refractivity contribution in [2.24, 2.45) is 5.92 Å². The normalized spacial score (nSPS) is 12.7. The Morgan fingerprint density at radius 2 is 1.93 bits per heavy atom. The number of aromatic amines is 1. The fraction of sp³-hybridized carbons (Fsp3) is 0.421. The van der Waals surface area contributed by atoms with Gasteiger partial charge in [-0.2, -0.15) is 4.72 Å². The van der Waals surface area contributed by atoms with Gasteiger partial charge in [0.25, 0.3) is 5.56 Å². The first-order valence-corrected chi connectivity index (χ1v) is 11.7. The van der Waals surface area contributed by atoms with E-state index in [1.54, 1.807) is 18.4 Å². The Morgan fingerprint density at radius 3 is 2.52 bits per heavy atom. The van der Waals surface area contributed by atoms with Crippen LogP contribution >= 0.6 is 11.8 Å². The van der Waals surface area contributed by atoms with Gasteiger partial charge in [-0.05, 0) is 37.7 Å². The van der Waals surface area contributed by atoms with E-state index in [0.29, 0.717) is 5.16 Å². The van der Waals surface area contributed by atoms with Crippen LogP contribution in [0, 0.1) is 12.8 Å². The summed E-state index contributed by atoms with van der Waals surface area (Å²) in [6.07, 6.45) is 2.02. The van der Waals surface area contributed by atoms with Gasteiger partial charge in [-0.25, -0.2) is 13.4 Å². The molecule has 2 N–H and O–H groups in total. The van der Waals surface area contributed by atoms with Crippen LogP contribution in [-0.4, -0.2) is 36.7 Å². The van der Waals surface area contributed by atoms with E-state index in [1.165, 1.54) is 30.0 Å². The number of hydrogen-bond acceptors (Lipinski definition) is 7. The van der Waals surface area contributed by atoms with Gasteiger partial charge in [0.15, 0.2) is 5.16 Å². The van der Waals surface area contributed by atoms with Crippen molar-refractivity contribution in [2.45, 2.75) is 49.9 Å². The molecule has 0 spiro atoms. The number of sulfonamides is 1. The number of nitrogens with one attached hydrogen (secondary N) is 2. The van der Waals surface area contributed by atoms with Gasteiger partial charge in [-0.1, -0.05) is 43.3 Å². The average Bonchev–Trinajstić information content (AvgIpc) is 2.65. The van der Waals surface area contributed by atoms with Gasteiger partial charge < -0.3 is 9.72 Å². The molecule has 0 saturated carbocycles. The molecule has 0 fully saturated rings. The lowest BCUT2D eigenvalue weighted by Gasteiger charge is -2.19. The first kappa shape index (κ1) is 23.1. The van der Waals surface area contributed by atoms with E-state index in [2.05, 4.69) is 14.7 Å². The zero-order valence-corrected chi connectivity index (χ0v) is 18.4. The summed E-state index contributed by atoms with van der Waals surface area (Å²) in [6, 6.07) is 6.53. The second-order valence-corrected chi connectivity index (χ2v) is 9.48. The number of nitrogens with zero attached hydrogens (tertiary/aromatic N) is 1. The van der Waals surface area contributed by atoms with Crippen LogP contribution in [0.1, 0.15) is 31.5 Å². The predicted molar refractivity (Wildman–Crippen MR) is 111 cm³/mol. The smallest absolute Gasteiger partial charge is 0.324 e. The standard InChI is InChI=1S/C19H25N3O5S2/c1-12(2)9-16(22-29(25,26)15-7-5-13(3)6-8-15)18(24)27-11-14-10-17(23)21-19(20-14)28-4/h5-8,10,12,16,22H,9,11H2,1-4H3,(H,20,21,23). The van der Waals surface area contributed by atoms with Gasteiger partial charge in [-0.3, -0.25) is 9.59 Å². The average molecular weight is 440 g/mol. The molecule has 1 heterocycles. The highest BCUT2D eigenvalue weighted by atomic mass is 32.2. The number of hydrogen-bond donors (Lipinski definition) is 2. The van der Waals surface area contributed by atoms with Crippen LogP contribution in [0.15, 0.2) is 45.2 Å². The third-order valence-electron chi connectivity index (χ3n) is 3.95. The molecule has 0 aliphatic heterocycles. The molecular weight excluding hydrogens is 414 g/mol. The number of carbonyl (C=O) groups is 1. The topological polar surface area (TPSA) is 118 Å². The Bertz CT molecular complexity index is 1000. The van der Waals surface area contributed by atoms with Crippen molar-refractivity contribution in [1.29, 1.82) is 0 Å². The van der Waals surface area contributed by atoms with Crippen molar-refractivity contribution >= 4 is 27.8 Å². The molecule has 0 aliphatic carbocycles. The molecule has 8 nitrogen and oxygen atoms in total. The summed E-state index contributed by atoms with van der Waals surface area (Å²) >= 11 is 1.25. The van der Waals surface area contributed by atoms with E-state index in [1.807, 2.05) is 20.8 Å². The van der Waals surface area contributed by atoms with Crippen molar-refractivity contribution in [3.63, 3.8) is 0 Å². The van der Waals surface area contributed by atoms with Crippen molar-refractivity contribution in [2.75, 3.05) is 6.26 Å². The maximum Gasteiger partial charge on any atom is 0.324 e. The Hall–Kier alpha value is -2.17. The molecule has 1 aromatic heterocycles. The molecule has 0 aliphatic rings. The molecule has 0 bridgehead atoms. The molecule has 1 aromatic carbocycles. The number of rotatable bonds is 9. The largest absolute Gasteiger partial charge is 0.458 e. The van der Waals surface area contributed by atoms with Gasteiger partial charge in [0, 0.05) is 6.07 Å². The Morgan fingerprint density at radius 1 is 1.28 bits per heavy atom. The highest BCUT2D eigenvalue weighted by molar-refractivity contribution is 7.98. The molecule has 1 atom stereocenters. The van der Waals surface area contributed by atoms with Crippen LogP contribution < -0.4 is 10.3 Å². The lowest BCUT2D eigenvalue weighted by molar-refractivity contribution is -0.147. The first-order chi connectivity index (χ1) is 13.6. The summed E-state index contributed by atoms with van der Waals surface area (Å²) in [6.45, 7) is 5.39. The SMILES string of the molecule is CSc1nc(COC(=O)C(CC(C)C)NS(=O)(=O)c2ccc(C)cc2)cc(=O)[nH]1. The summed E-state index contributed by atoms with van der Waals surface area (Å²) in [5, 5.41) is 0.405. The van der Waals surface area contributed by atoms with E-state index in [0.717, 1.165) is 5.56 Å². The Kier molecular flexibility index (Phi) is 8.00. The molecule has 1 unspecified atom stereocenters. The molecule has 0 saturated heterocycles. The lowest BCUT2D eigenvalue weighted by Crippen LogP contribution is -2.42. The minimum absolute atomic E-state index is 0.0501. The Labute approximate surface area is 174 Å². The molecule has 0 radical (unpaired) electrons. The summed E-state index contributed by atoms with van der Waals surface area (Å²) in [5.74, 6) is -0.670. The molecule has 2 rings (SSSR count). The van der Waals surface area contributed by atoms with Crippen LogP contribution in [0.4, 0.5) is 0 Å². The van der Waals surface area contributed by atoms with Crippen LogP contribution in [0.5, 0.6) is 0 Å². The van der Waals surface area contributed by atoms with E-state index in [-0.39, 0.29) is 35.1 Å². The number of esters is 1. The highest BCUT2D eigenvalue weighted by Gasteiger charge is 2.28. The summed E-state index contributed by atoms with van der Waals surface area (Å²) < 4.78 is 33.0. The van der Waals surface area contributed by atoms with Crippen LogP contribution in [0.25, 0.3) is 0 Å². The summed E-state index contributed by atoms with van der Waals surface area (Å²) in [7, 11) is -3.89. The van der Waals surface area contributed by atoms with Crippen molar-refractivity contribution in [3.8, 4) is 0 Å². The third kappa shape index (κ3) is 6.98. The number of H-pyrrole nitrogens is 1. The molecule has 158 valence electrons. The molecular formula is C19H25N3O5S2. The number of aryl methyl sites for hydroxylation is 1. The maximum atomic E-state index is 12.7. The fourth-order valence-electron chi connectivity index (χ4n) is 2.54. The van der Waals surface area contributed by atoms with E-state index in [4.69, 9.17) is 4.74 Å². The summed E-state index contributed by atoms with van der Waals surface area (Å²) in [4.78, 5) is 31.0. The van der Waals surface area contributed by atoms with E-state index in [9.17, 15) is 18.0 Å². The van der Waals surface area contributed by atoms with Crippen molar-refractivity contribution in [1.82, 2.24) is 14.7 Å². The molecule has 0 amide bonds. The first-order valence-electron chi connectivity index (χ1n) is 9.00. The number of carbonyl (C=O) groups excluding carboxylic acids is 1. The van der Waals surface area contributed by atoms with Crippen LogP contribution in [-0.2, 0) is 26.2 Å². The molecule has 10 heteroatoms. The number of thioether (sulfide) groups is 1.